The predicted octanol–water partition coefficient (Wildman–Crippen LogP) is 2.99. The Balaban J connectivity index is 3.33. The van der Waals surface area contributed by atoms with Crippen LogP contribution >= 0.6 is 0 Å². The standard InChI is InChI=1S/C12H15NO3/c1-4-10(9(3)14)11-7-8(2)5-6-12(11)13(15)16/h5-7,10H,4H2,1-3H3. The Morgan fingerprint density at radius 2 is 2.12 bits per heavy atom. The van der Waals surface area contributed by atoms with Gasteiger partial charge in [0.25, 0.3) is 5.69 Å². The molecular weight excluding hydrogens is 206 g/mol. The molecule has 1 aromatic rings. The summed E-state index contributed by atoms with van der Waals surface area (Å²) in [6.45, 7) is 5.19. The van der Waals surface area contributed by atoms with E-state index in [0.29, 0.717) is 12.0 Å². The number of carbonyl (C=O) groups excluding carboxylic acids is 1. The van der Waals surface area contributed by atoms with E-state index in [1.54, 1.807) is 12.1 Å². The van der Waals surface area contributed by atoms with Crippen molar-refractivity contribution in [3.05, 3.63) is 39.4 Å². The zero-order valence-electron chi connectivity index (χ0n) is 9.69. The van der Waals surface area contributed by atoms with Gasteiger partial charge in [0.2, 0.25) is 0 Å². The van der Waals surface area contributed by atoms with Crippen molar-refractivity contribution in [2.24, 2.45) is 0 Å². The second-order valence-corrected chi connectivity index (χ2v) is 3.89. The maximum absolute atomic E-state index is 11.4. The van der Waals surface area contributed by atoms with Gasteiger partial charge in [-0.3, -0.25) is 14.9 Å². The molecule has 0 saturated heterocycles. The van der Waals surface area contributed by atoms with Gasteiger partial charge in [-0.25, -0.2) is 0 Å². The van der Waals surface area contributed by atoms with Gasteiger partial charge in [0.05, 0.1) is 4.92 Å². The van der Waals surface area contributed by atoms with Crippen LogP contribution in [0.25, 0.3) is 0 Å². The van der Waals surface area contributed by atoms with Crippen LogP contribution < -0.4 is 0 Å². The van der Waals surface area contributed by atoms with Crippen molar-refractivity contribution in [3.63, 3.8) is 0 Å². The fourth-order valence-electron chi connectivity index (χ4n) is 1.85. The molecule has 4 heteroatoms. The normalized spacial score (nSPS) is 12.2. The summed E-state index contributed by atoms with van der Waals surface area (Å²) in [6.07, 6.45) is 0.583. The van der Waals surface area contributed by atoms with E-state index in [-0.39, 0.29) is 17.4 Å². The summed E-state index contributed by atoms with van der Waals surface area (Å²) in [4.78, 5) is 21.9. The number of nitrogens with zero attached hydrogens (tertiary/aromatic N) is 1. The van der Waals surface area contributed by atoms with Crippen LogP contribution in [0.5, 0.6) is 0 Å². The Kier molecular flexibility index (Phi) is 3.77. The highest BCUT2D eigenvalue weighted by atomic mass is 16.6. The summed E-state index contributed by atoms with van der Waals surface area (Å²) in [5.74, 6) is -0.406. The van der Waals surface area contributed by atoms with Gasteiger partial charge in [0.15, 0.2) is 0 Å². The molecule has 0 spiro atoms. The van der Waals surface area contributed by atoms with Crippen molar-refractivity contribution in [1.29, 1.82) is 0 Å². The highest BCUT2D eigenvalue weighted by Crippen LogP contribution is 2.30. The summed E-state index contributed by atoms with van der Waals surface area (Å²) < 4.78 is 0. The van der Waals surface area contributed by atoms with Crippen LogP contribution in [0.1, 0.15) is 37.3 Å². The molecule has 0 fully saturated rings. The third-order valence-electron chi connectivity index (χ3n) is 2.65. The van der Waals surface area contributed by atoms with Gasteiger partial charge >= 0.3 is 0 Å². The Morgan fingerprint density at radius 1 is 1.50 bits per heavy atom. The number of Topliss-reactive ketones (excluding diaryl/α,β-unsaturated/α-hetero) is 1. The molecule has 4 nitrogen and oxygen atoms in total. The van der Waals surface area contributed by atoms with Crippen LogP contribution in [0.3, 0.4) is 0 Å². The lowest BCUT2D eigenvalue weighted by molar-refractivity contribution is -0.385. The molecule has 86 valence electrons. The molecule has 1 atom stereocenters. The van der Waals surface area contributed by atoms with Gasteiger partial charge in [0.1, 0.15) is 5.78 Å². The Hall–Kier alpha value is -1.71. The monoisotopic (exact) mass is 221 g/mol. The Bertz CT molecular complexity index is 426. The zero-order valence-corrected chi connectivity index (χ0v) is 9.69. The van der Waals surface area contributed by atoms with E-state index in [9.17, 15) is 14.9 Å². The maximum Gasteiger partial charge on any atom is 0.273 e. The smallest absolute Gasteiger partial charge is 0.273 e. The lowest BCUT2D eigenvalue weighted by Gasteiger charge is -2.12. The second-order valence-electron chi connectivity index (χ2n) is 3.89. The van der Waals surface area contributed by atoms with Gasteiger partial charge in [-0.05, 0) is 26.3 Å². The van der Waals surface area contributed by atoms with E-state index in [0.717, 1.165) is 5.56 Å². The average molecular weight is 221 g/mol. The SMILES string of the molecule is CCC(C(C)=O)c1cc(C)ccc1[N+](=O)[O-]. The van der Waals surface area contributed by atoms with Crippen LogP contribution in [-0.2, 0) is 4.79 Å². The summed E-state index contributed by atoms with van der Waals surface area (Å²) in [5, 5.41) is 10.9. The topological polar surface area (TPSA) is 60.2 Å². The molecule has 0 saturated carbocycles. The molecule has 0 aromatic heterocycles. The third-order valence-corrected chi connectivity index (χ3v) is 2.65. The number of aryl methyl sites for hydroxylation is 1. The second kappa shape index (κ2) is 4.88. The molecule has 0 aliphatic heterocycles. The summed E-state index contributed by atoms with van der Waals surface area (Å²) in [7, 11) is 0. The summed E-state index contributed by atoms with van der Waals surface area (Å²) in [5.41, 5.74) is 1.49. The Labute approximate surface area is 94.4 Å². The molecule has 0 radical (unpaired) electrons. The minimum Gasteiger partial charge on any atom is -0.299 e. The van der Waals surface area contributed by atoms with E-state index < -0.39 is 4.92 Å². The molecule has 16 heavy (non-hydrogen) atoms. The number of rotatable bonds is 4. The first kappa shape index (κ1) is 12.4. The summed E-state index contributed by atoms with van der Waals surface area (Å²) in [6, 6.07) is 4.89. The van der Waals surface area contributed by atoms with E-state index in [1.807, 2.05) is 13.8 Å². The first-order valence-corrected chi connectivity index (χ1v) is 5.22. The third kappa shape index (κ3) is 2.45. The number of hydrogen-bond donors (Lipinski definition) is 0. The van der Waals surface area contributed by atoms with Crippen molar-refractivity contribution in [2.75, 3.05) is 0 Å². The maximum atomic E-state index is 11.4. The molecule has 0 N–H and O–H groups in total. The molecule has 0 bridgehead atoms. The quantitative estimate of drug-likeness (QED) is 0.580. The highest BCUT2D eigenvalue weighted by Gasteiger charge is 2.23. The summed E-state index contributed by atoms with van der Waals surface area (Å²) >= 11 is 0. The van der Waals surface area contributed by atoms with E-state index in [4.69, 9.17) is 0 Å². The lowest BCUT2D eigenvalue weighted by Crippen LogP contribution is -2.10. The average Bonchev–Trinajstić information content (AvgIpc) is 2.17. The van der Waals surface area contributed by atoms with Gasteiger partial charge < -0.3 is 0 Å². The molecule has 0 aliphatic rings. The predicted molar refractivity (Wildman–Crippen MR) is 61.5 cm³/mol. The Morgan fingerprint density at radius 3 is 2.56 bits per heavy atom. The van der Waals surface area contributed by atoms with Crippen molar-refractivity contribution in [2.45, 2.75) is 33.1 Å². The lowest BCUT2D eigenvalue weighted by atomic mass is 9.90. The van der Waals surface area contributed by atoms with Crippen LogP contribution in [0.2, 0.25) is 0 Å². The van der Waals surface area contributed by atoms with Crippen LogP contribution in [0, 0.1) is 17.0 Å². The van der Waals surface area contributed by atoms with Gasteiger partial charge in [-0.2, -0.15) is 0 Å². The zero-order chi connectivity index (χ0) is 12.3. The number of benzene rings is 1. The van der Waals surface area contributed by atoms with Crippen molar-refractivity contribution >= 4 is 11.5 Å². The number of carbonyl (C=O) groups is 1. The van der Waals surface area contributed by atoms with Crippen LogP contribution in [-0.4, -0.2) is 10.7 Å². The first-order valence-electron chi connectivity index (χ1n) is 5.22. The van der Waals surface area contributed by atoms with E-state index >= 15 is 0 Å². The van der Waals surface area contributed by atoms with Crippen molar-refractivity contribution in [1.82, 2.24) is 0 Å². The first-order chi connectivity index (χ1) is 7.47. The molecule has 1 rings (SSSR count). The van der Waals surface area contributed by atoms with Crippen molar-refractivity contribution in [3.8, 4) is 0 Å². The van der Waals surface area contributed by atoms with E-state index in [2.05, 4.69) is 0 Å². The molecular formula is C12H15NO3. The van der Waals surface area contributed by atoms with Gasteiger partial charge in [-0.1, -0.05) is 18.6 Å². The molecule has 0 heterocycles. The van der Waals surface area contributed by atoms with Gasteiger partial charge in [-0.15, -0.1) is 0 Å². The molecule has 0 aliphatic carbocycles. The van der Waals surface area contributed by atoms with Crippen LogP contribution in [0.4, 0.5) is 5.69 Å². The number of nitro benzene ring substituents is 1. The van der Waals surface area contributed by atoms with Crippen LogP contribution in [0.15, 0.2) is 18.2 Å². The fourth-order valence-corrected chi connectivity index (χ4v) is 1.85. The molecule has 1 aromatic carbocycles. The van der Waals surface area contributed by atoms with E-state index in [1.165, 1.54) is 13.0 Å². The number of nitro groups is 1. The van der Waals surface area contributed by atoms with Crippen molar-refractivity contribution < 1.29 is 9.72 Å². The molecule has 1 unspecified atom stereocenters. The minimum atomic E-state index is -0.430. The minimum absolute atomic E-state index is 0.0313. The molecule has 0 amide bonds. The van der Waals surface area contributed by atoms with Gasteiger partial charge in [0, 0.05) is 17.5 Å². The highest BCUT2D eigenvalue weighted by molar-refractivity contribution is 5.84. The number of ketones is 1. The fraction of sp³-hybridized carbons (Fsp3) is 0.417. The number of hydrogen-bond acceptors (Lipinski definition) is 3. The largest absolute Gasteiger partial charge is 0.299 e.